The molecule has 0 radical (unpaired) electrons. The van der Waals surface area contributed by atoms with E-state index in [-0.39, 0.29) is 23.5 Å². The van der Waals surface area contributed by atoms with Gasteiger partial charge in [0.05, 0.1) is 6.26 Å². The number of carbonyl (C=O) groups excluding carboxylic acids is 1. The van der Waals surface area contributed by atoms with Crippen molar-refractivity contribution in [1.82, 2.24) is 9.21 Å². The zero-order valence-corrected chi connectivity index (χ0v) is 13.9. The van der Waals surface area contributed by atoms with Gasteiger partial charge in [0, 0.05) is 25.6 Å². The lowest BCUT2D eigenvalue weighted by Crippen LogP contribution is -2.28. The lowest BCUT2D eigenvalue weighted by Gasteiger charge is -2.19. The largest absolute Gasteiger partial charge is 0.306 e. The molecule has 1 saturated heterocycles. The second kappa shape index (κ2) is 6.83. The highest BCUT2D eigenvalue weighted by molar-refractivity contribution is 7.88. The van der Waals surface area contributed by atoms with Crippen molar-refractivity contribution in [2.45, 2.75) is 13.8 Å². The van der Waals surface area contributed by atoms with Gasteiger partial charge in [0.15, 0.2) is 5.78 Å². The summed E-state index contributed by atoms with van der Waals surface area (Å²) in [5.74, 6) is 0.207. The molecule has 1 unspecified atom stereocenters. The first-order chi connectivity index (χ1) is 9.12. The van der Waals surface area contributed by atoms with Gasteiger partial charge in [-0.3, -0.25) is 4.79 Å². The zero-order chi connectivity index (χ0) is 15.5. The standard InChI is InChI=1S/C14H26N2O3S/c1-11(2)12-9-16(20(5,18)19)10-13(12)14(17)7-6-8-15(3)4/h6-7,11-13H,8-10H2,1-5H3/t12-,13?/m1/s1. The lowest BCUT2D eigenvalue weighted by molar-refractivity contribution is -0.119. The monoisotopic (exact) mass is 302 g/mol. The minimum absolute atomic E-state index is 0.0386. The summed E-state index contributed by atoms with van der Waals surface area (Å²) in [5.41, 5.74) is 0. The van der Waals surface area contributed by atoms with Crippen molar-refractivity contribution in [3.05, 3.63) is 12.2 Å². The molecule has 0 aromatic heterocycles. The first kappa shape index (κ1) is 17.3. The van der Waals surface area contributed by atoms with Crippen LogP contribution in [-0.4, -0.2) is 63.4 Å². The Morgan fingerprint density at radius 2 is 1.95 bits per heavy atom. The van der Waals surface area contributed by atoms with Gasteiger partial charge in [-0.2, -0.15) is 0 Å². The van der Waals surface area contributed by atoms with Crippen LogP contribution in [-0.2, 0) is 14.8 Å². The van der Waals surface area contributed by atoms with E-state index in [1.54, 1.807) is 6.08 Å². The predicted molar refractivity (Wildman–Crippen MR) is 80.9 cm³/mol. The summed E-state index contributed by atoms with van der Waals surface area (Å²) in [7, 11) is 0.654. The Bertz CT molecular complexity index is 469. The Balaban J connectivity index is 2.80. The van der Waals surface area contributed by atoms with Gasteiger partial charge < -0.3 is 4.90 Å². The molecule has 0 N–H and O–H groups in total. The molecule has 1 aliphatic rings. The Kier molecular flexibility index (Phi) is 5.91. The third-order valence-corrected chi connectivity index (χ3v) is 5.01. The Hall–Kier alpha value is -0.720. The molecule has 0 aromatic carbocycles. The van der Waals surface area contributed by atoms with Crippen LogP contribution in [0.3, 0.4) is 0 Å². The molecule has 20 heavy (non-hydrogen) atoms. The van der Waals surface area contributed by atoms with Crippen LogP contribution in [0.5, 0.6) is 0 Å². The maximum absolute atomic E-state index is 12.3. The van der Waals surface area contributed by atoms with Crippen LogP contribution in [0.25, 0.3) is 0 Å². The summed E-state index contributed by atoms with van der Waals surface area (Å²) in [6.07, 6.45) is 4.65. The van der Waals surface area contributed by atoms with Crippen LogP contribution >= 0.6 is 0 Å². The predicted octanol–water partition coefficient (Wildman–Crippen LogP) is 0.837. The summed E-state index contributed by atoms with van der Waals surface area (Å²) < 4.78 is 24.8. The Morgan fingerprint density at radius 1 is 1.35 bits per heavy atom. The normalized spacial score (nSPS) is 25.1. The van der Waals surface area contributed by atoms with Crippen LogP contribution in [0, 0.1) is 17.8 Å². The number of sulfonamides is 1. The summed E-state index contributed by atoms with van der Waals surface area (Å²) in [4.78, 5) is 14.3. The molecule has 2 atom stereocenters. The Morgan fingerprint density at radius 3 is 2.40 bits per heavy atom. The minimum Gasteiger partial charge on any atom is -0.306 e. The van der Waals surface area contributed by atoms with E-state index < -0.39 is 10.0 Å². The highest BCUT2D eigenvalue weighted by atomic mass is 32.2. The number of likely N-dealkylation sites (N-methyl/N-ethyl adjacent to an activating group) is 1. The van der Waals surface area contributed by atoms with E-state index in [2.05, 4.69) is 0 Å². The number of nitrogens with zero attached hydrogens (tertiary/aromatic N) is 2. The Labute approximate surface area is 122 Å². The third kappa shape index (κ3) is 4.68. The number of ketones is 1. The zero-order valence-electron chi connectivity index (χ0n) is 13.0. The van der Waals surface area contributed by atoms with Crippen molar-refractivity contribution in [2.75, 3.05) is 40.0 Å². The molecule has 0 spiro atoms. The van der Waals surface area contributed by atoms with E-state index in [4.69, 9.17) is 0 Å². The van der Waals surface area contributed by atoms with Crippen LogP contribution in [0.15, 0.2) is 12.2 Å². The molecule has 1 fully saturated rings. The van der Waals surface area contributed by atoms with E-state index in [1.165, 1.54) is 10.6 Å². The maximum atomic E-state index is 12.3. The quantitative estimate of drug-likeness (QED) is 0.682. The molecule has 1 heterocycles. The van der Waals surface area contributed by atoms with Crippen LogP contribution in [0.2, 0.25) is 0 Å². The van der Waals surface area contributed by atoms with Crippen LogP contribution < -0.4 is 0 Å². The van der Waals surface area contributed by atoms with Gasteiger partial charge in [0.1, 0.15) is 0 Å². The smallest absolute Gasteiger partial charge is 0.211 e. The highest BCUT2D eigenvalue weighted by Gasteiger charge is 2.41. The number of hydrogen-bond acceptors (Lipinski definition) is 4. The molecule has 0 saturated carbocycles. The molecule has 5 nitrogen and oxygen atoms in total. The average Bonchev–Trinajstić information content (AvgIpc) is 2.72. The SMILES string of the molecule is CC(C)[C@H]1CN(S(C)(=O)=O)CC1C(=O)C=CCN(C)C. The fourth-order valence-electron chi connectivity index (χ4n) is 2.54. The summed E-state index contributed by atoms with van der Waals surface area (Å²) in [6.45, 7) is 5.56. The average molecular weight is 302 g/mol. The summed E-state index contributed by atoms with van der Waals surface area (Å²) in [6, 6.07) is 0. The fourth-order valence-corrected chi connectivity index (χ4v) is 3.42. The number of rotatable bonds is 6. The minimum atomic E-state index is -3.22. The molecular formula is C14H26N2O3S. The van der Waals surface area contributed by atoms with E-state index in [0.29, 0.717) is 19.6 Å². The van der Waals surface area contributed by atoms with E-state index in [0.717, 1.165) is 0 Å². The van der Waals surface area contributed by atoms with Gasteiger partial charge in [0.2, 0.25) is 10.0 Å². The summed E-state index contributed by atoms with van der Waals surface area (Å²) >= 11 is 0. The highest BCUT2D eigenvalue weighted by Crippen LogP contribution is 2.31. The molecule has 6 heteroatoms. The van der Waals surface area contributed by atoms with Crippen molar-refractivity contribution in [3.63, 3.8) is 0 Å². The second-order valence-electron chi connectivity index (χ2n) is 6.16. The van der Waals surface area contributed by atoms with Gasteiger partial charge in [-0.1, -0.05) is 19.9 Å². The van der Waals surface area contributed by atoms with Crippen molar-refractivity contribution in [3.8, 4) is 0 Å². The van der Waals surface area contributed by atoms with Gasteiger partial charge >= 0.3 is 0 Å². The van der Waals surface area contributed by atoms with Gasteiger partial charge in [-0.15, -0.1) is 0 Å². The van der Waals surface area contributed by atoms with Crippen LogP contribution in [0.4, 0.5) is 0 Å². The van der Waals surface area contributed by atoms with E-state index in [9.17, 15) is 13.2 Å². The number of hydrogen-bond donors (Lipinski definition) is 0. The van der Waals surface area contributed by atoms with E-state index >= 15 is 0 Å². The van der Waals surface area contributed by atoms with Crippen LogP contribution in [0.1, 0.15) is 13.8 Å². The molecule has 1 aliphatic heterocycles. The van der Waals surface area contributed by atoms with Gasteiger partial charge in [-0.25, -0.2) is 12.7 Å². The molecule has 116 valence electrons. The molecule has 0 aromatic rings. The molecular weight excluding hydrogens is 276 g/mol. The maximum Gasteiger partial charge on any atom is 0.211 e. The van der Waals surface area contributed by atoms with E-state index in [1.807, 2.05) is 38.9 Å². The van der Waals surface area contributed by atoms with Crippen molar-refractivity contribution in [2.24, 2.45) is 17.8 Å². The molecule has 0 amide bonds. The first-order valence-corrected chi connectivity index (χ1v) is 8.78. The molecule has 0 aliphatic carbocycles. The van der Waals surface area contributed by atoms with Crippen molar-refractivity contribution in [1.29, 1.82) is 0 Å². The number of allylic oxidation sites excluding steroid dienone is 1. The van der Waals surface area contributed by atoms with Crippen molar-refractivity contribution >= 4 is 15.8 Å². The van der Waals surface area contributed by atoms with Gasteiger partial charge in [-0.05, 0) is 32.0 Å². The lowest BCUT2D eigenvalue weighted by atomic mass is 9.83. The molecule has 0 bridgehead atoms. The molecule has 1 rings (SSSR count). The number of carbonyl (C=O) groups is 1. The fraction of sp³-hybridized carbons (Fsp3) is 0.786. The summed E-state index contributed by atoms with van der Waals surface area (Å²) in [5, 5.41) is 0. The van der Waals surface area contributed by atoms with Crippen molar-refractivity contribution < 1.29 is 13.2 Å². The topological polar surface area (TPSA) is 57.7 Å². The third-order valence-electron chi connectivity index (χ3n) is 3.78. The first-order valence-electron chi connectivity index (χ1n) is 6.93. The van der Waals surface area contributed by atoms with Gasteiger partial charge in [0.25, 0.3) is 0 Å². The second-order valence-corrected chi connectivity index (χ2v) is 8.14.